The van der Waals surface area contributed by atoms with Crippen LogP contribution in [-0.4, -0.2) is 37.5 Å². The van der Waals surface area contributed by atoms with Crippen molar-refractivity contribution < 1.29 is 0 Å². The maximum atomic E-state index is 5.75. The lowest BCUT2D eigenvalue weighted by atomic mass is 10.0. The largest absolute Gasteiger partial charge is 0.369 e. The molecule has 1 aromatic carbocycles. The first-order valence-corrected chi connectivity index (χ1v) is 7.07. The molecule has 0 fully saturated rings. The van der Waals surface area contributed by atoms with E-state index < -0.39 is 0 Å². The lowest BCUT2D eigenvalue weighted by molar-refractivity contribution is 0.615. The standard InChI is InChI=1S/C16H23N5/c1-11-4-5-12-6-7-13(14(12)10-11)8-9-19-15(17)20-16(18)21(2)3/h4-5,7,10H,6,8-9H2,1-3H3,(H4,17,18,19,20). The molecule has 4 N–H and O–H groups in total. The summed E-state index contributed by atoms with van der Waals surface area (Å²) in [5.74, 6) is 0.585. The van der Waals surface area contributed by atoms with Gasteiger partial charge in [-0.15, -0.1) is 0 Å². The first-order chi connectivity index (χ1) is 9.97. The van der Waals surface area contributed by atoms with Gasteiger partial charge in [0.2, 0.25) is 5.96 Å². The summed E-state index contributed by atoms with van der Waals surface area (Å²) in [4.78, 5) is 9.99. The highest BCUT2D eigenvalue weighted by atomic mass is 15.2. The van der Waals surface area contributed by atoms with Gasteiger partial charge in [0.25, 0.3) is 0 Å². The molecule has 0 unspecified atom stereocenters. The van der Waals surface area contributed by atoms with Crippen LogP contribution in [0, 0.1) is 6.92 Å². The molecule has 1 aromatic rings. The van der Waals surface area contributed by atoms with Crippen LogP contribution in [0.3, 0.4) is 0 Å². The van der Waals surface area contributed by atoms with E-state index in [1.54, 1.807) is 4.90 Å². The zero-order chi connectivity index (χ0) is 15.4. The summed E-state index contributed by atoms with van der Waals surface area (Å²) in [6.07, 6.45) is 4.15. The Labute approximate surface area is 126 Å². The highest BCUT2D eigenvalue weighted by molar-refractivity contribution is 5.93. The van der Waals surface area contributed by atoms with Crippen molar-refractivity contribution in [3.63, 3.8) is 0 Å². The quantitative estimate of drug-likeness (QED) is 0.652. The van der Waals surface area contributed by atoms with Crippen LogP contribution in [-0.2, 0) is 6.42 Å². The Kier molecular flexibility index (Phi) is 4.62. The van der Waals surface area contributed by atoms with E-state index in [0.717, 1.165) is 12.8 Å². The van der Waals surface area contributed by atoms with E-state index in [1.807, 2.05) is 14.1 Å². The number of fused-ring (bicyclic) bond motifs is 1. The summed E-state index contributed by atoms with van der Waals surface area (Å²) in [6, 6.07) is 6.60. The Morgan fingerprint density at radius 3 is 2.76 bits per heavy atom. The van der Waals surface area contributed by atoms with E-state index >= 15 is 0 Å². The van der Waals surface area contributed by atoms with Gasteiger partial charge in [-0.3, -0.25) is 4.99 Å². The molecule has 0 radical (unpaired) electrons. The third-order valence-electron chi connectivity index (χ3n) is 3.52. The maximum Gasteiger partial charge on any atom is 0.218 e. The summed E-state index contributed by atoms with van der Waals surface area (Å²) in [6.45, 7) is 2.74. The molecule has 0 heterocycles. The van der Waals surface area contributed by atoms with Crippen molar-refractivity contribution in [1.29, 1.82) is 0 Å². The van der Waals surface area contributed by atoms with Gasteiger partial charge in [0.1, 0.15) is 0 Å². The van der Waals surface area contributed by atoms with Crippen LogP contribution in [0.4, 0.5) is 0 Å². The number of aryl methyl sites for hydroxylation is 1. The van der Waals surface area contributed by atoms with Crippen LogP contribution < -0.4 is 11.5 Å². The zero-order valence-electron chi connectivity index (χ0n) is 12.9. The van der Waals surface area contributed by atoms with Crippen molar-refractivity contribution in [2.45, 2.75) is 19.8 Å². The molecule has 0 atom stereocenters. The van der Waals surface area contributed by atoms with Gasteiger partial charge < -0.3 is 16.4 Å². The van der Waals surface area contributed by atoms with Crippen molar-refractivity contribution in [3.8, 4) is 0 Å². The second-order valence-corrected chi connectivity index (χ2v) is 5.45. The van der Waals surface area contributed by atoms with Crippen molar-refractivity contribution >= 4 is 17.5 Å². The van der Waals surface area contributed by atoms with Gasteiger partial charge in [-0.25, -0.2) is 0 Å². The van der Waals surface area contributed by atoms with E-state index in [-0.39, 0.29) is 5.96 Å². The highest BCUT2D eigenvalue weighted by Crippen LogP contribution is 2.30. The Morgan fingerprint density at radius 1 is 1.29 bits per heavy atom. The second-order valence-electron chi connectivity index (χ2n) is 5.45. The SMILES string of the molecule is Cc1ccc2c(c1)C(CCN=C(N)N=C(N)N(C)C)=CC2. The molecule has 2 rings (SSSR count). The molecule has 0 saturated carbocycles. The molecular formula is C16H23N5. The summed E-state index contributed by atoms with van der Waals surface area (Å²) < 4.78 is 0. The molecule has 5 nitrogen and oxygen atoms in total. The molecule has 0 saturated heterocycles. The van der Waals surface area contributed by atoms with E-state index in [2.05, 4.69) is 41.2 Å². The lowest BCUT2D eigenvalue weighted by Crippen LogP contribution is -2.32. The third-order valence-corrected chi connectivity index (χ3v) is 3.52. The van der Waals surface area contributed by atoms with Crippen LogP contribution >= 0.6 is 0 Å². The highest BCUT2D eigenvalue weighted by Gasteiger charge is 2.13. The van der Waals surface area contributed by atoms with Crippen molar-refractivity contribution in [3.05, 3.63) is 41.0 Å². The predicted octanol–water partition coefficient (Wildman–Crippen LogP) is 1.52. The molecule has 112 valence electrons. The predicted molar refractivity (Wildman–Crippen MR) is 89.3 cm³/mol. The summed E-state index contributed by atoms with van der Waals surface area (Å²) in [5.41, 5.74) is 16.8. The van der Waals surface area contributed by atoms with Gasteiger partial charge in [-0.2, -0.15) is 4.99 Å². The fourth-order valence-corrected chi connectivity index (χ4v) is 2.29. The fraction of sp³-hybridized carbons (Fsp3) is 0.375. The van der Waals surface area contributed by atoms with Crippen molar-refractivity contribution in [2.75, 3.05) is 20.6 Å². The van der Waals surface area contributed by atoms with Crippen LogP contribution in [0.1, 0.15) is 23.1 Å². The molecule has 21 heavy (non-hydrogen) atoms. The fourth-order valence-electron chi connectivity index (χ4n) is 2.29. The number of aliphatic imine (C=N–C) groups is 2. The molecular weight excluding hydrogens is 262 g/mol. The van der Waals surface area contributed by atoms with Crippen LogP contribution in [0.15, 0.2) is 34.3 Å². The van der Waals surface area contributed by atoms with Crippen molar-refractivity contribution in [1.82, 2.24) is 4.90 Å². The Morgan fingerprint density at radius 2 is 2.05 bits per heavy atom. The zero-order valence-corrected chi connectivity index (χ0v) is 12.9. The van der Waals surface area contributed by atoms with E-state index in [0.29, 0.717) is 12.5 Å². The number of allylic oxidation sites excluding steroid dienone is 1. The summed E-state index contributed by atoms with van der Waals surface area (Å²) in [7, 11) is 3.63. The number of nitrogens with two attached hydrogens (primary N) is 2. The van der Waals surface area contributed by atoms with Crippen molar-refractivity contribution in [2.24, 2.45) is 21.5 Å². The minimum atomic E-state index is 0.226. The Bertz CT molecular complexity index is 611. The Hall–Kier alpha value is -2.30. The van der Waals surface area contributed by atoms with Gasteiger partial charge in [-0.1, -0.05) is 29.8 Å². The molecule has 0 bridgehead atoms. The number of rotatable bonds is 3. The van der Waals surface area contributed by atoms with Crippen LogP contribution in [0.25, 0.3) is 5.57 Å². The number of guanidine groups is 2. The summed E-state index contributed by atoms with van der Waals surface area (Å²) >= 11 is 0. The molecule has 0 aliphatic heterocycles. The molecule has 5 heteroatoms. The topological polar surface area (TPSA) is 80.0 Å². The van der Waals surface area contributed by atoms with Gasteiger partial charge in [0.05, 0.1) is 0 Å². The van der Waals surface area contributed by atoms with Gasteiger partial charge in [-0.05, 0) is 36.5 Å². The molecule has 0 spiro atoms. The number of hydrogen-bond donors (Lipinski definition) is 2. The van der Waals surface area contributed by atoms with Crippen LogP contribution in [0.5, 0.6) is 0 Å². The van der Waals surface area contributed by atoms with Gasteiger partial charge >= 0.3 is 0 Å². The van der Waals surface area contributed by atoms with Gasteiger partial charge in [0.15, 0.2) is 5.96 Å². The minimum absolute atomic E-state index is 0.226. The average molecular weight is 285 g/mol. The first-order valence-electron chi connectivity index (χ1n) is 7.07. The average Bonchev–Trinajstić information content (AvgIpc) is 2.81. The lowest BCUT2D eigenvalue weighted by Gasteiger charge is -2.09. The van der Waals surface area contributed by atoms with E-state index in [9.17, 15) is 0 Å². The molecule has 1 aliphatic rings. The molecule has 1 aliphatic carbocycles. The number of nitrogens with zero attached hydrogens (tertiary/aromatic N) is 3. The van der Waals surface area contributed by atoms with E-state index in [4.69, 9.17) is 11.5 Å². The second kappa shape index (κ2) is 6.43. The minimum Gasteiger partial charge on any atom is -0.369 e. The molecule has 0 aromatic heterocycles. The normalized spacial score (nSPS) is 14.9. The monoisotopic (exact) mass is 285 g/mol. The smallest absolute Gasteiger partial charge is 0.218 e. The van der Waals surface area contributed by atoms with Gasteiger partial charge in [0, 0.05) is 20.6 Å². The Balaban J connectivity index is 1.97. The third kappa shape index (κ3) is 3.84. The number of hydrogen-bond acceptors (Lipinski definition) is 1. The maximum absolute atomic E-state index is 5.75. The first kappa shape index (κ1) is 15.1. The number of benzene rings is 1. The van der Waals surface area contributed by atoms with E-state index in [1.165, 1.54) is 22.3 Å². The van der Waals surface area contributed by atoms with Crippen LogP contribution in [0.2, 0.25) is 0 Å². The summed E-state index contributed by atoms with van der Waals surface area (Å²) in [5, 5.41) is 0. The molecule has 0 amide bonds.